The minimum absolute atomic E-state index is 0.00311. The Kier molecular flexibility index (Phi) is 39.7. The SMILES string of the molecule is CCCCCCCCCOC(=O)CCCCCCCN(CCC)CCCCCCCC(=O)OC(CCC)(CCCCCCCC)CCCCCCCC. The Morgan fingerprint density at radius 2 is 0.774 bits per heavy atom. The van der Waals surface area contributed by atoms with Crippen LogP contribution in [-0.2, 0) is 19.1 Å². The molecule has 0 radical (unpaired) electrons. The topological polar surface area (TPSA) is 55.8 Å². The zero-order valence-corrected chi connectivity index (χ0v) is 36.9. The minimum atomic E-state index is -0.232. The fourth-order valence-corrected chi connectivity index (χ4v) is 7.97. The van der Waals surface area contributed by atoms with Gasteiger partial charge in [-0.05, 0) is 90.3 Å². The Bertz CT molecular complexity index is 755. The number of esters is 2. The van der Waals surface area contributed by atoms with Crippen LogP contribution in [0.2, 0.25) is 0 Å². The van der Waals surface area contributed by atoms with Crippen molar-refractivity contribution in [1.29, 1.82) is 0 Å². The largest absolute Gasteiger partial charge is 0.466 e. The third-order valence-electron chi connectivity index (χ3n) is 11.3. The number of hydrogen-bond donors (Lipinski definition) is 0. The van der Waals surface area contributed by atoms with Crippen molar-refractivity contribution in [2.45, 2.75) is 271 Å². The molecule has 0 bridgehead atoms. The van der Waals surface area contributed by atoms with Gasteiger partial charge in [-0.1, -0.05) is 182 Å². The van der Waals surface area contributed by atoms with Crippen LogP contribution in [0.25, 0.3) is 0 Å². The minimum Gasteiger partial charge on any atom is -0.466 e. The van der Waals surface area contributed by atoms with Crippen molar-refractivity contribution in [3.05, 3.63) is 0 Å². The van der Waals surface area contributed by atoms with E-state index in [0.29, 0.717) is 19.4 Å². The molecule has 0 aromatic heterocycles. The van der Waals surface area contributed by atoms with Gasteiger partial charge in [-0.3, -0.25) is 9.59 Å². The molecule has 5 heteroatoms. The molecular weight excluding hydrogens is 655 g/mol. The van der Waals surface area contributed by atoms with E-state index in [1.54, 1.807) is 0 Å². The van der Waals surface area contributed by atoms with Gasteiger partial charge in [-0.2, -0.15) is 0 Å². The van der Waals surface area contributed by atoms with Gasteiger partial charge >= 0.3 is 11.9 Å². The van der Waals surface area contributed by atoms with Crippen LogP contribution in [0.1, 0.15) is 266 Å². The molecule has 0 saturated carbocycles. The molecule has 0 rings (SSSR count). The van der Waals surface area contributed by atoms with Crippen molar-refractivity contribution in [3.8, 4) is 0 Å². The van der Waals surface area contributed by atoms with Gasteiger partial charge in [-0.25, -0.2) is 0 Å². The summed E-state index contributed by atoms with van der Waals surface area (Å²) < 4.78 is 11.9. The first-order chi connectivity index (χ1) is 26.0. The van der Waals surface area contributed by atoms with E-state index in [0.717, 1.165) is 57.8 Å². The van der Waals surface area contributed by atoms with E-state index in [1.807, 2.05) is 0 Å². The van der Waals surface area contributed by atoms with Crippen LogP contribution in [0.4, 0.5) is 0 Å². The molecule has 0 unspecified atom stereocenters. The predicted molar refractivity (Wildman–Crippen MR) is 231 cm³/mol. The van der Waals surface area contributed by atoms with Gasteiger partial charge < -0.3 is 14.4 Å². The fraction of sp³-hybridized carbons (Fsp3) is 0.958. The van der Waals surface area contributed by atoms with Gasteiger partial charge in [-0.15, -0.1) is 0 Å². The maximum Gasteiger partial charge on any atom is 0.306 e. The Morgan fingerprint density at radius 1 is 0.377 bits per heavy atom. The van der Waals surface area contributed by atoms with Crippen LogP contribution in [0.15, 0.2) is 0 Å². The highest BCUT2D eigenvalue weighted by Gasteiger charge is 2.32. The summed E-state index contributed by atoms with van der Waals surface area (Å²) in [6.07, 6.45) is 42.5. The van der Waals surface area contributed by atoms with Crippen molar-refractivity contribution >= 4 is 11.9 Å². The summed E-state index contributed by atoms with van der Waals surface area (Å²) >= 11 is 0. The van der Waals surface area contributed by atoms with Crippen molar-refractivity contribution in [2.24, 2.45) is 0 Å². The molecule has 53 heavy (non-hydrogen) atoms. The van der Waals surface area contributed by atoms with E-state index in [1.165, 1.54) is 180 Å². The molecule has 0 atom stereocenters. The zero-order chi connectivity index (χ0) is 38.9. The summed E-state index contributed by atoms with van der Waals surface area (Å²) in [5.74, 6) is 0.0555. The normalized spacial score (nSPS) is 11.8. The van der Waals surface area contributed by atoms with Crippen molar-refractivity contribution in [1.82, 2.24) is 4.90 Å². The van der Waals surface area contributed by atoms with Crippen molar-refractivity contribution < 1.29 is 19.1 Å². The predicted octanol–water partition coefficient (Wildman–Crippen LogP) is 15.3. The number of rotatable bonds is 43. The molecule has 0 aliphatic rings. The van der Waals surface area contributed by atoms with Gasteiger partial charge in [0.2, 0.25) is 0 Å². The number of carbonyl (C=O) groups is 2. The van der Waals surface area contributed by atoms with E-state index < -0.39 is 0 Å². The molecule has 0 N–H and O–H groups in total. The smallest absolute Gasteiger partial charge is 0.306 e. The first-order valence-corrected chi connectivity index (χ1v) is 24.1. The van der Waals surface area contributed by atoms with Crippen LogP contribution in [0.5, 0.6) is 0 Å². The van der Waals surface area contributed by atoms with Gasteiger partial charge in [0.1, 0.15) is 5.60 Å². The van der Waals surface area contributed by atoms with Gasteiger partial charge in [0.05, 0.1) is 6.61 Å². The molecule has 316 valence electrons. The molecule has 0 aromatic rings. The maximum absolute atomic E-state index is 13.2. The molecule has 0 amide bonds. The summed E-state index contributed by atoms with van der Waals surface area (Å²) in [6, 6.07) is 0. The molecule has 5 nitrogen and oxygen atoms in total. The maximum atomic E-state index is 13.2. The van der Waals surface area contributed by atoms with Crippen molar-refractivity contribution in [3.63, 3.8) is 0 Å². The highest BCUT2D eigenvalue weighted by molar-refractivity contribution is 5.70. The second-order valence-corrected chi connectivity index (χ2v) is 16.7. The molecule has 0 aliphatic carbocycles. The van der Waals surface area contributed by atoms with E-state index in [4.69, 9.17) is 9.47 Å². The van der Waals surface area contributed by atoms with Crippen LogP contribution < -0.4 is 0 Å². The molecule has 0 aromatic carbocycles. The van der Waals surface area contributed by atoms with Gasteiger partial charge in [0, 0.05) is 12.8 Å². The van der Waals surface area contributed by atoms with Gasteiger partial charge in [0.25, 0.3) is 0 Å². The molecule has 0 aliphatic heterocycles. The van der Waals surface area contributed by atoms with Crippen molar-refractivity contribution in [2.75, 3.05) is 26.2 Å². The van der Waals surface area contributed by atoms with Crippen LogP contribution in [0.3, 0.4) is 0 Å². The Labute approximate surface area is 332 Å². The highest BCUT2D eigenvalue weighted by atomic mass is 16.6. The average molecular weight is 750 g/mol. The Balaban J connectivity index is 4.22. The van der Waals surface area contributed by atoms with Crippen LogP contribution in [-0.4, -0.2) is 48.7 Å². The summed E-state index contributed by atoms with van der Waals surface area (Å²) in [5.41, 5.74) is -0.232. The molecule has 0 fully saturated rings. The van der Waals surface area contributed by atoms with Crippen LogP contribution >= 0.6 is 0 Å². The number of nitrogens with zero attached hydrogens (tertiary/aromatic N) is 1. The van der Waals surface area contributed by atoms with Gasteiger partial charge in [0.15, 0.2) is 0 Å². The Hall–Kier alpha value is -1.10. The standard InChI is InChI=1S/C48H95NO4/c1-6-11-14-17-20-29-36-45-52-46(50)37-30-23-21-27-34-43-49(42-10-5)44-35-28-22-24-31-38-47(51)53-48(39-9-4,40-32-25-18-15-12-7-2)41-33-26-19-16-13-8-3/h6-45H2,1-5H3. The number of unbranched alkanes of at least 4 members (excludes halogenated alkanes) is 24. The third kappa shape index (κ3) is 35.1. The summed E-state index contributed by atoms with van der Waals surface area (Å²) in [6.45, 7) is 15.5. The van der Waals surface area contributed by atoms with E-state index in [9.17, 15) is 9.59 Å². The lowest BCUT2D eigenvalue weighted by atomic mass is 9.85. The first kappa shape index (κ1) is 51.9. The first-order valence-electron chi connectivity index (χ1n) is 24.1. The average Bonchev–Trinajstić information content (AvgIpc) is 3.14. The third-order valence-corrected chi connectivity index (χ3v) is 11.3. The Morgan fingerprint density at radius 3 is 1.23 bits per heavy atom. The highest BCUT2D eigenvalue weighted by Crippen LogP contribution is 2.33. The summed E-state index contributed by atoms with van der Waals surface area (Å²) in [7, 11) is 0. The second-order valence-electron chi connectivity index (χ2n) is 16.7. The van der Waals surface area contributed by atoms with E-state index in [2.05, 4.69) is 39.5 Å². The van der Waals surface area contributed by atoms with E-state index >= 15 is 0 Å². The molecule has 0 saturated heterocycles. The second kappa shape index (κ2) is 40.6. The number of ether oxygens (including phenoxy) is 2. The summed E-state index contributed by atoms with van der Waals surface area (Å²) in [5, 5.41) is 0. The lowest BCUT2D eigenvalue weighted by molar-refractivity contribution is -0.163. The molecule has 0 heterocycles. The number of carbonyl (C=O) groups excluding carboxylic acids is 2. The van der Waals surface area contributed by atoms with Crippen LogP contribution in [0, 0.1) is 0 Å². The quantitative estimate of drug-likeness (QED) is 0.0459. The number of hydrogen-bond acceptors (Lipinski definition) is 5. The lowest BCUT2D eigenvalue weighted by Crippen LogP contribution is -2.35. The summed E-state index contributed by atoms with van der Waals surface area (Å²) in [4.78, 5) is 27.9. The monoisotopic (exact) mass is 750 g/mol. The molecular formula is C48H95NO4. The molecule has 0 spiro atoms. The zero-order valence-electron chi connectivity index (χ0n) is 36.9. The fourth-order valence-electron chi connectivity index (χ4n) is 7.97. The van der Waals surface area contributed by atoms with E-state index in [-0.39, 0.29) is 17.5 Å². The lowest BCUT2D eigenvalue weighted by Gasteiger charge is -2.34.